The molecule has 1 aliphatic heterocycles. The summed E-state index contributed by atoms with van der Waals surface area (Å²) in [6, 6.07) is 5.85. The molecule has 1 atom stereocenters. The number of hydrogen-bond donors (Lipinski definition) is 0. The van der Waals surface area contributed by atoms with Crippen LogP contribution in [0.3, 0.4) is 0 Å². The van der Waals surface area contributed by atoms with Crippen molar-refractivity contribution >= 4 is 5.91 Å². The van der Waals surface area contributed by atoms with Crippen LogP contribution in [0.5, 0.6) is 11.5 Å². The minimum Gasteiger partial charge on any atom is -0.493 e. The normalized spacial score (nSPS) is 20.9. The lowest BCUT2D eigenvalue weighted by Crippen LogP contribution is -2.37. The molecule has 144 valence electrons. The quantitative estimate of drug-likeness (QED) is 0.802. The number of likely N-dealkylation sites (tertiary alicyclic amines) is 1. The van der Waals surface area contributed by atoms with Gasteiger partial charge in [-0.1, -0.05) is 24.4 Å². The molecule has 7 nitrogen and oxygen atoms in total. The maximum Gasteiger partial charge on any atom is 0.258 e. The maximum atomic E-state index is 12.5. The highest BCUT2D eigenvalue weighted by Crippen LogP contribution is 2.35. The number of hydrogen-bond acceptors (Lipinski definition) is 6. The lowest BCUT2D eigenvalue weighted by Gasteiger charge is -2.31. The molecule has 7 heteroatoms. The topological polar surface area (TPSA) is 77.7 Å². The highest BCUT2D eigenvalue weighted by molar-refractivity contribution is 5.80. The fourth-order valence-electron chi connectivity index (χ4n) is 4.14. The Kier molecular flexibility index (Phi) is 5.01. The fourth-order valence-corrected chi connectivity index (χ4v) is 4.14. The zero-order chi connectivity index (χ0) is 18.8. The SMILES string of the molecule is COc1ccc(-c2nc([C@@H]3CC(=O)N(C4CCCCC4)C3)no2)cc1OC. The van der Waals surface area contributed by atoms with Crippen LogP contribution in [0.25, 0.3) is 11.5 Å². The molecule has 2 heterocycles. The standard InChI is InChI=1S/C20H25N3O4/c1-25-16-9-8-13(10-17(16)26-2)20-21-19(22-27-20)14-11-18(24)23(12-14)15-6-4-3-5-7-15/h8-10,14-15H,3-7,11-12H2,1-2H3/t14-/m1/s1. The van der Waals surface area contributed by atoms with Gasteiger partial charge in [-0.3, -0.25) is 4.79 Å². The maximum absolute atomic E-state index is 12.5. The number of aromatic nitrogens is 2. The van der Waals surface area contributed by atoms with E-state index in [4.69, 9.17) is 14.0 Å². The molecule has 27 heavy (non-hydrogen) atoms. The minimum absolute atomic E-state index is 0.00271. The van der Waals surface area contributed by atoms with Gasteiger partial charge in [0.15, 0.2) is 17.3 Å². The summed E-state index contributed by atoms with van der Waals surface area (Å²) in [4.78, 5) is 19.1. The van der Waals surface area contributed by atoms with Crippen molar-refractivity contribution in [1.82, 2.24) is 15.0 Å². The van der Waals surface area contributed by atoms with Gasteiger partial charge in [0.1, 0.15) is 0 Å². The van der Waals surface area contributed by atoms with Gasteiger partial charge in [-0.25, -0.2) is 0 Å². The average Bonchev–Trinajstić information content (AvgIpc) is 3.35. The van der Waals surface area contributed by atoms with Crippen molar-refractivity contribution in [2.75, 3.05) is 20.8 Å². The van der Waals surface area contributed by atoms with Gasteiger partial charge in [-0.15, -0.1) is 0 Å². The van der Waals surface area contributed by atoms with E-state index in [1.807, 2.05) is 23.1 Å². The molecule has 0 spiro atoms. The van der Waals surface area contributed by atoms with Crippen LogP contribution in [0.4, 0.5) is 0 Å². The molecule has 0 N–H and O–H groups in total. The molecule has 1 aliphatic carbocycles. The first-order chi connectivity index (χ1) is 13.2. The van der Waals surface area contributed by atoms with Gasteiger partial charge < -0.3 is 18.9 Å². The van der Waals surface area contributed by atoms with Crippen LogP contribution >= 0.6 is 0 Å². The highest BCUT2D eigenvalue weighted by Gasteiger charge is 2.37. The van der Waals surface area contributed by atoms with E-state index in [9.17, 15) is 4.79 Å². The predicted molar refractivity (Wildman–Crippen MR) is 98.8 cm³/mol. The largest absolute Gasteiger partial charge is 0.493 e. The van der Waals surface area contributed by atoms with Crippen molar-refractivity contribution in [2.24, 2.45) is 0 Å². The third-order valence-corrected chi connectivity index (χ3v) is 5.61. The van der Waals surface area contributed by atoms with Gasteiger partial charge in [-0.2, -0.15) is 4.98 Å². The summed E-state index contributed by atoms with van der Waals surface area (Å²) in [5.74, 6) is 2.49. The second kappa shape index (κ2) is 7.58. The van der Waals surface area contributed by atoms with E-state index in [2.05, 4.69) is 10.1 Å². The number of benzene rings is 1. The highest BCUT2D eigenvalue weighted by atomic mass is 16.5. The van der Waals surface area contributed by atoms with Gasteiger partial charge in [0.05, 0.1) is 14.2 Å². The summed E-state index contributed by atoms with van der Waals surface area (Å²) in [5.41, 5.74) is 0.764. The number of methoxy groups -OCH3 is 2. The van der Waals surface area contributed by atoms with Gasteiger partial charge in [-0.05, 0) is 31.0 Å². The monoisotopic (exact) mass is 371 g/mol. The van der Waals surface area contributed by atoms with Crippen molar-refractivity contribution in [3.8, 4) is 23.0 Å². The van der Waals surface area contributed by atoms with Crippen LogP contribution in [-0.2, 0) is 4.79 Å². The number of nitrogens with zero attached hydrogens (tertiary/aromatic N) is 3. The van der Waals surface area contributed by atoms with E-state index in [0.717, 1.165) is 18.4 Å². The second-order valence-corrected chi connectivity index (χ2v) is 7.27. The Morgan fingerprint density at radius 3 is 2.63 bits per heavy atom. The Morgan fingerprint density at radius 2 is 1.89 bits per heavy atom. The van der Waals surface area contributed by atoms with E-state index < -0.39 is 0 Å². The lowest BCUT2D eigenvalue weighted by molar-refractivity contribution is -0.130. The van der Waals surface area contributed by atoms with Crippen molar-refractivity contribution in [1.29, 1.82) is 0 Å². The summed E-state index contributed by atoms with van der Waals surface area (Å²) in [6.45, 7) is 0.689. The molecule has 0 radical (unpaired) electrons. The summed E-state index contributed by atoms with van der Waals surface area (Å²) < 4.78 is 16.1. The van der Waals surface area contributed by atoms with Crippen molar-refractivity contribution < 1.29 is 18.8 Å². The summed E-state index contributed by atoms with van der Waals surface area (Å²) in [6.07, 6.45) is 6.39. The Hall–Kier alpha value is -2.57. The zero-order valence-electron chi connectivity index (χ0n) is 15.8. The number of carbonyl (C=O) groups excluding carboxylic acids is 1. The minimum atomic E-state index is -0.00271. The van der Waals surface area contributed by atoms with E-state index in [1.165, 1.54) is 19.3 Å². The van der Waals surface area contributed by atoms with Gasteiger partial charge in [0.2, 0.25) is 5.91 Å². The molecule has 1 saturated carbocycles. The molecule has 2 aliphatic rings. The van der Waals surface area contributed by atoms with Crippen molar-refractivity contribution in [2.45, 2.75) is 50.5 Å². The number of carbonyl (C=O) groups is 1. The molecular weight excluding hydrogens is 346 g/mol. The molecule has 1 aromatic carbocycles. The molecule has 0 unspecified atom stereocenters. The summed E-state index contributed by atoms with van der Waals surface area (Å²) >= 11 is 0. The van der Waals surface area contributed by atoms with Crippen molar-refractivity contribution in [3.05, 3.63) is 24.0 Å². The average molecular weight is 371 g/mol. The van der Waals surface area contributed by atoms with Crippen LogP contribution in [0.1, 0.15) is 50.3 Å². The molecule has 4 rings (SSSR count). The number of amides is 1. The summed E-state index contributed by atoms with van der Waals surface area (Å²) in [7, 11) is 3.18. The van der Waals surface area contributed by atoms with Gasteiger partial charge in [0, 0.05) is 30.5 Å². The van der Waals surface area contributed by atoms with Gasteiger partial charge >= 0.3 is 0 Å². The van der Waals surface area contributed by atoms with E-state index in [-0.39, 0.29) is 11.8 Å². The van der Waals surface area contributed by atoms with Crippen LogP contribution in [-0.4, -0.2) is 47.8 Å². The Labute approximate surface area is 158 Å². The fraction of sp³-hybridized carbons (Fsp3) is 0.550. The molecule has 1 aromatic heterocycles. The third kappa shape index (κ3) is 3.50. The van der Waals surface area contributed by atoms with E-state index in [0.29, 0.717) is 42.2 Å². The van der Waals surface area contributed by atoms with Crippen LogP contribution in [0.2, 0.25) is 0 Å². The zero-order valence-corrected chi connectivity index (χ0v) is 15.8. The van der Waals surface area contributed by atoms with Crippen LogP contribution in [0.15, 0.2) is 22.7 Å². The Bertz CT molecular complexity index is 813. The van der Waals surface area contributed by atoms with E-state index >= 15 is 0 Å². The molecule has 0 bridgehead atoms. The molecule has 2 fully saturated rings. The first-order valence-electron chi connectivity index (χ1n) is 9.55. The lowest BCUT2D eigenvalue weighted by atomic mass is 9.94. The van der Waals surface area contributed by atoms with Crippen molar-refractivity contribution in [3.63, 3.8) is 0 Å². The molecule has 1 saturated heterocycles. The van der Waals surface area contributed by atoms with Crippen LogP contribution in [0, 0.1) is 0 Å². The number of rotatable bonds is 5. The van der Waals surface area contributed by atoms with E-state index in [1.54, 1.807) is 14.2 Å². The molecule has 2 aromatic rings. The van der Waals surface area contributed by atoms with Gasteiger partial charge in [0.25, 0.3) is 5.89 Å². The smallest absolute Gasteiger partial charge is 0.258 e. The Morgan fingerprint density at radius 1 is 1.11 bits per heavy atom. The molecular formula is C20H25N3O4. The van der Waals surface area contributed by atoms with Crippen LogP contribution < -0.4 is 9.47 Å². The third-order valence-electron chi connectivity index (χ3n) is 5.61. The summed E-state index contributed by atoms with van der Waals surface area (Å²) in [5, 5.41) is 4.15. The second-order valence-electron chi connectivity index (χ2n) is 7.27. The first-order valence-corrected chi connectivity index (χ1v) is 9.55. The predicted octanol–water partition coefficient (Wildman–Crippen LogP) is 3.40. The first kappa shape index (κ1) is 17.8. The Balaban J connectivity index is 1.50. The molecule has 1 amide bonds. The number of ether oxygens (including phenoxy) is 2.